The average Bonchev–Trinajstić information content (AvgIpc) is 2.47. The summed E-state index contributed by atoms with van der Waals surface area (Å²) in [5.74, 6) is -0.428. The topological polar surface area (TPSA) is 89.0 Å². The molecule has 0 bridgehead atoms. The van der Waals surface area contributed by atoms with Crippen molar-refractivity contribution < 1.29 is 19.1 Å². The average molecular weight is 372 g/mol. The molecule has 8 heteroatoms. The zero-order valence-electron chi connectivity index (χ0n) is 12.6. The smallest absolute Gasteiger partial charge is 0.329 e. The molecule has 1 aromatic rings. The molecule has 0 aliphatic carbocycles. The number of hydrazone groups is 1. The number of carbonyl (C=O) groups excluding carboxylic acids is 2. The third kappa shape index (κ3) is 5.03. The fourth-order valence-electron chi connectivity index (χ4n) is 1.58. The van der Waals surface area contributed by atoms with E-state index < -0.39 is 11.8 Å². The summed E-state index contributed by atoms with van der Waals surface area (Å²) in [6.45, 7) is 4.44. The van der Waals surface area contributed by atoms with Crippen molar-refractivity contribution in [2.24, 2.45) is 5.10 Å². The van der Waals surface area contributed by atoms with E-state index in [2.05, 4.69) is 31.8 Å². The molecule has 2 amide bonds. The number of rotatable bonds is 6. The lowest BCUT2D eigenvalue weighted by Gasteiger charge is -2.11. The van der Waals surface area contributed by atoms with Gasteiger partial charge < -0.3 is 14.8 Å². The molecule has 0 spiro atoms. The number of amides is 2. The third-order valence-electron chi connectivity index (χ3n) is 2.46. The van der Waals surface area contributed by atoms with Crippen LogP contribution >= 0.6 is 15.9 Å². The molecule has 2 N–H and O–H groups in total. The van der Waals surface area contributed by atoms with Gasteiger partial charge in [0.15, 0.2) is 11.5 Å². The number of likely N-dealkylation sites (N-methyl/N-ethyl adjacent to an activating group) is 1. The van der Waals surface area contributed by atoms with Crippen LogP contribution in [0.3, 0.4) is 0 Å². The molecule has 7 nitrogen and oxygen atoms in total. The van der Waals surface area contributed by atoms with E-state index in [0.29, 0.717) is 34.7 Å². The van der Waals surface area contributed by atoms with E-state index in [0.717, 1.165) is 0 Å². The van der Waals surface area contributed by atoms with E-state index >= 15 is 0 Å². The minimum atomic E-state index is -0.823. The summed E-state index contributed by atoms with van der Waals surface area (Å²) in [5.41, 5.74) is 2.82. The summed E-state index contributed by atoms with van der Waals surface area (Å²) in [7, 11) is 1.54. The molecule has 22 heavy (non-hydrogen) atoms. The SMILES string of the molecule is CCNC(=O)C(=O)N/N=C\c1cc(Br)c(OC)c(OCC)c1. The fraction of sp³-hybridized carbons (Fsp3) is 0.357. The summed E-state index contributed by atoms with van der Waals surface area (Å²) in [5, 5.41) is 6.12. The molecule has 0 aromatic heterocycles. The Morgan fingerprint density at radius 1 is 1.32 bits per heavy atom. The van der Waals surface area contributed by atoms with E-state index in [-0.39, 0.29) is 0 Å². The minimum absolute atomic E-state index is 0.374. The number of nitrogens with one attached hydrogen (secondary N) is 2. The Morgan fingerprint density at radius 2 is 2.05 bits per heavy atom. The second-order valence-electron chi connectivity index (χ2n) is 4.03. The van der Waals surface area contributed by atoms with Gasteiger partial charge in [0, 0.05) is 6.54 Å². The molecule has 0 aliphatic heterocycles. The number of benzene rings is 1. The molecule has 0 unspecified atom stereocenters. The first kappa shape index (κ1) is 18.0. The molecule has 1 rings (SSSR count). The summed E-state index contributed by atoms with van der Waals surface area (Å²) < 4.78 is 11.4. The first-order chi connectivity index (χ1) is 10.5. The van der Waals surface area contributed by atoms with E-state index in [1.807, 2.05) is 6.92 Å². The van der Waals surface area contributed by atoms with Crippen molar-refractivity contribution in [1.29, 1.82) is 0 Å². The predicted octanol–water partition coefficient (Wildman–Crippen LogP) is 1.44. The lowest BCUT2D eigenvalue weighted by molar-refractivity contribution is -0.139. The van der Waals surface area contributed by atoms with Crippen LogP contribution < -0.4 is 20.2 Å². The van der Waals surface area contributed by atoms with Crippen LogP contribution in [0.5, 0.6) is 11.5 Å². The Bertz CT molecular complexity index is 575. The maximum Gasteiger partial charge on any atom is 0.329 e. The van der Waals surface area contributed by atoms with Crippen LogP contribution in [0.25, 0.3) is 0 Å². The summed E-state index contributed by atoms with van der Waals surface area (Å²) >= 11 is 3.37. The number of nitrogens with zero attached hydrogens (tertiary/aromatic N) is 1. The van der Waals surface area contributed by atoms with Gasteiger partial charge in [-0.25, -0.2) is 5.43 Å². The van der Waals surface area contributed by atoms with Gasteiger partial charge in [-0.15, -0.1) is 0 Å². The number of carbonyl (C=O) groups is 2. The van der Waals surface area contributed by atoms with Crippen LogP contribution in [0.4, 0.5) is 0 Å². The standard InChI is InChI=1S/C14H18BrN3O4/c1-4-16-13(19)14(20)18-17-8-9-6-10(15)12(21-3)11(7-9)22-5-2/h6-8H,4-5H2,1-3H3,(H,16,19)(H,18,20)/b17-8-. The van der Waals surface area contributed by atoms with Crippen molar-refractivity contribution in [2.45, 2.75) is 13.8 Å². The molecule has 120 valence electrons. The van der Waals surface area contributed by atoms with Crippen molar-refractivity contribution in [3.8, 4) is 11.5 Å². The molecule has 0 atom stereocenters. The Hall–Kier alpha value is -2.09. The van der Waals surface area contributed by atoms with Crippen LogP contribution in [-0.2, 0) is 9.59 Å². The van der Waals surface area contributed by atoms with Crippen LogP contribution in [0, 0.1) is 0 Å². The maximum atomic E-state index is 11.4. The quantitative estimate of drug-likeness (QED) is 0.449. The predicted molar refractivity (Wildman–Crippen MR) is 86.3 cm³/mol. The number of halogens is 1. The molecule has 0 radical (unpaired) electrons. The van der Waals surface area contributed by atoms with Crippen LogP contribution in [-0.4, -0.2) is 38.3 Å². The van der Waals surface area contributed by atoms with Crippen molar-refractivity contribution in [1.82, 2.24) is 10.7 Å². The van der Waals surface area contributed by atoms with E-state index in [9.17, 15) is 9.59 Å². The van der Waals surface area contributed by atoms with Gasteiger partial charge in [-0.1, -0.05) is 0 Å². The van der Waals surface area contributed by atoms with Gasteiger partial charge in [0.1, 0.15) is 0 Å². The summed E-state index contributed by atoms with van der Waals surface area (Å²) in [4.78, 5) is 22.6. The van der Waals surface area contributed by atoms with Gasteiger partial charge in [-0.05, 0) is 47.5 Å². The third-order valence-corrected chi connectivity index (χ3v) is 3.05. The lowest BCUT2D eigenvalue weighted by atomic mass is 10.2. The Labute approximate surface area is 137 Å². The Kier molecular flexibility index (Phi) is 7.38. The van der Waals surface area contributed by atoms with E-state index in [1.54, 1.807) is 26.2 Å². The van der Waals surface area contributed by atoms with Crippen molar-refractivity contribution in [3.63, 3.8) is 0 Å². The first-order valence-electron chi connectivity index (χ1n) is 6.65. The van der Waals surface area contributed by atoms with Gasteiger partial charge in [0.25, 0.3) is 0 Å². The highest BCUT2D eigenvalue weighted by atomic mass is 79.9. The first-order valence-corrected chi connectivity index (χ1v) is 7.44. The lowest BCUT2D eigenvalue weighted by Crippen LogP contribution is -2.37. The Balaban J connectivity index is 2.83. The van der Waals surface area contributed by atoms with E-state index in [1.165, 1.54) is 6.21 Å². The van der Waals surface area contributed by atoms with Gasteiger partial charge >= 0.3 is 11.8 Å². The minimum Gasteiger partial charge on any atom is -0.492 e. The van der Waals surface area contributed by atoms with Gasteiger partial charge in [-0.3, -0.25) is 9.59 Å². The normalized spacial score (nSPS) is 10.4. The monoisotopic (exact) mass is 371 g/mol. The molecular weight excluding hydrogens is 354 g/mol. The van der Waals surface area contributed by atoms with Crippen LogP contribution in [0.15, 0.2) is 21.7 Å². The van der Waals surface area contributed by atoms with Crippen molar-refractivity contribution in [2.75, 3.05) is 20.3 Å². The molecule has 0 saturated carbocycles. The van der Waals surface area contributed by atoms with E-state index in [4.69, 9.17) is 9.47 Å². The highest BCUT2D eigenvalue weighted by Crippen LogP contribution is 2.36. The van der Waals surface area contributed by atoms with Crippen LogP contribution in [0.2, 0.25) is 0 Å². The molecule has 0 saturated heterocycles. The molecular formula is C14H18BrN3O4. The molecule has 0 aliphatic rings. The summed E-state index contributed by atoms with van der Waals surface area (Å²) in [6.07, 6.45) is 1.41. The molecule has 0 heterocycles. The zero-order valence-corrected chi connectivity index (χ0v) is 14.2. The van der Waals surface area contributed by atoms with Crippen LogP contribution in [0.1, 0.15) is 19.4 Å². The highest BCUT2D eigenvalue weighted by molar-refractivity contribution is 9.10. The summed E-state index contributed by atoms with van der Waals surface area (Å²) in [6, 6.07) is 3.47. The number of ether oxygens (including phenoxy) is 2. The highest BCUT2D eigenvalue weighted by Gasteiger charge is 2.12. The van der Waals surface area contributed by atoms with Gasteiger partial charge in [0.05, 0.1) is 24.4 Å². The number of methoxy groups -OCH3 is 1. The molecule has 1 aromatic carbocycles. The second kappa shape index (κ2) is 9.04. The maximum absolute atomic E-state index is 11.4. The number of hydrogen-bond acceptors (Lipinski definition) is 5. The van der Waals surface area contributed by atoms with Gasteiger partial charge in [0.2, 0.25) is 0 Å². The van der Waals surface area contributed by atoms with Crippen molar-refractivity contribution in [3.05, 3.63) is 22.2 Å². The van der Waals surface area contributed by atoms with Gasteiger partial charge in [-0.2, -0.15) is 5.10 Å². The number of hydrogen-bond donors (Lipinski definition) is 2. The fourth-order valence-corrected chi connectivity index (χ4v) is 2.20. The Morgan fingerprint density at radius 3 is 2.64 bits per heavy atom. The largest absolute Gasteiger partial charge is 0.492 e. The van der Waals surface area contributed by atoms with Crippen molar-refractivity contribution >= 4 is 34.0 Å². The molecule has 0 fully saturated rings. The zero-order chi connectivity index (χ0) is 16.5. The second-order valence-corrected chi connectivity index (χ2v) is 4.88.